The highest BCUT2D eigenvalue weighted by molar-refractivity contribution is 7.87. The van der Waals surface area contributed by atoms with Crippen molar-refractivity contribution in [2.24, 2.45) is 0 Å². The average molecular weight is 420 g/mol. The number of carbonyl (C=O) groups is 1. The second-order valence-corrected chi connectivity index (χ2v) is 8.97. The molecule has 1 heterocycles. The molecule has 1 atom stereocenters. The molecule has 1 N–H and O–H groups in total. The van der Waals surface area contributed by atoms with E-state index in [1.165, 1.54) is 14.1 Å². The topological polar surface area (TPSA) is 88.6 Å². The lowest BCUT2D eigenvalue weighted by Gasteiger charge is -2.20. The van der Waals surface area contributed by atoms with Crippen molar-refractivity contribution in [2.75, 3.05) is 20.7 Å². The fraction of sp³-hybridized carbons (Fsp3) is 0.429. The second-order valence-electron chi connectivity index (χ2n) is 7.05. The monoisotopic (exact) mass is 419 g/mol. The summed E-state index contributed by atoms with van der Waals surface area (Å²) >= 11 is 0. The molecule has 1 aromatic heterocycles. The van der Waals surface area contributed by atoms with Gasteiger partial charge >= 0.3 is 5.97 Å². The molecule has 0 aliphatic heterocycles. The van der Waals surface area contributed by atoms with Gasteiger partial charge in [0.2, 0.25) is 0 Å². The van der Waals surface area contributed by atoms with Crippen LogP contribution in [-0.4, -0.2) is 44.4 Å². The van der Waals surface area contributed by atoms with Crippen LogP contribution in [0.15, 0.2) is 42.7 Å². The molecule has 1 aromatic carbocycles. The van der Waals surface area contributed by atoms with Crippen LogP contribution in [0.3, 0.4) is 0 Å². The fourth-order valence-electron chi connectivity index (χ4n) is 2.90. The third-order valence-electron chi connectivity index (χ3n) is 4.44. The van der Waals surface area contributed by atoms with E-state index >= 15 is 0 Å². The summed E-state index contributed by atoms with van der Waals surface area (Å²) in [5, 5.41) is 0. The Bertz CT molecular complexity index is 915. The maximum atomic E-state index is 12.2. The van der Waals surface area contributed by atoms with E-state index in [1.807, 2.05) is 36.5 Å². The molecular formula is C21H29N3O4S. The average Bonchev–Trinajstić information content (AvgIpc) is 2.67. The van der Waals surface area contributed by atoms with E-state index in [4.69, 9.17) is 4.74 Å². The molecule has 2 aromatic rings. The highest BCUT2D eigenvalue weighted by Gasteiger charge is 2.19. The zero-order valence-electron chi connectivity index (χ0n) is 17.4. The first-order valence-corrected chi connectivity index (χ1v) is 11.0. The van der Waals surface area contributed by atoms with E-state index in [1.54, 1.807) is 20.0 Å². The summed E-state index contributed by atoms with van der Waals surface area (Å²) < 4.78 is 33.2. The lowest BCUT2D eigenvalue weighted by molar-refractivity contribution is -0.143. The zero-order chi connectivity index (χ0) is 21.4. The van der Waals surface area contributed by atoms with Crippen molar-refractivity contribution in [1.82, 2.24) is 14.0 Å². The Balaban J connectivity index is 2.29. The number of esters is 1. The van der Waals surface area contributed by atoms with Gasteiger partial charge in [0, 0.05) is 39.0 Å². The van der Waals surface area contributed by atoms with Gasteiger partial charge in [0.1, 0.15) is 0 Å². The van der Waals surface area contributed by atoms with E-state index in [2.05, 4.69) is 9.71 Å². The normalized spacial score (nSPS) is 12.7. The first kappa shape index (κ1) is 23.0. The second kappa shape index (κ2) is 10.5. The Morgan fingerprint density at radius 2 is 1.93 bits per heavy atom. The number of hydrogen-bond donors (Lipinski definition) is 1. The summed E-state index contributed by atoms with van der Waals surface area (Å²) in [4.78, 5) is 15.9. The minimum absolute atomic E-state index is 0.243. The van der Waals surface area contributed by atoms with Crippen molar-refractivity contribution in [3.05, 3.63) is 65.0 Å². The van der Waals surface area contributed by atoms with E-state index in [9.17, 15) is 13.2 Å². The molecule has 0 aliphatic rings. The molecule has 0 saturated heterocycles. The molecule has 29 heavy (non-hydrogen) atoms. The molecule has 0 bridgehead atoms. The van der Waals surface area contributed by atoms with E-state index < -0.39 is 16.3 Å². The van der Waals surface area contributed by atoms with Gasteiger partial charge in [0.15, 0.2) is 0 Å². The fourth-order valence-corrected chi connectivity index (χ4v) is 3.70. The van der Waals surface area contributed by atoms with Crippen LogP contribution >= 0.6 is 0 Å². The number of aryl methyl sites for hydroxylation is 1. The first-order valence-electron chi connectivity index (χ1n) is 9.58. The van der Waals surface area contributed by atoms with Gasteiger partial charge in [0.05, 0.1) is 6.61 Å². The molecule has 0 radical (unpaired) electrons. The van der Waals surface area contributed by atoms with E-state index in [0.29, 0.717) is 19.4 Å². The van der Waals surface area contributed by atoms with Crippen molar-refractivity contribution >= 4 is 16.2 Å². The summed E-state index contributed by atoms with van der Waals surface area (Å²) in [7, 11) is -0.594. The minimum Gasteiger partial charge on any atom is -0.466 e. The molecule has 2 rings (SSSR count). The Hall–Kier alpha value is -2.29. The van der Waals surface area contributed by atoms with Crippen LogP contribution in [0.4, 0.5) is 0 Å². The SMILES string of the molecule is CCOC(=O)CCc1cc(Cc2cccnc2)cc(C(C)NS(=O)(=O)N(C)C)c1. The Morgan fingerprint density at radius 3 is 2.55 bits per heavy atom. The van der Waals surface area contributed by atoms with E-state index in [0.717, 1.165) is 26.6 Å². The molecule has 0 spiro atoms. The molecule has 0 amide bonds. The number of rotatable bonds is 10. The summed E-state index contributed by atoms with van der Waals surface area (Å²) in [6, 6.07) is 9.43. The van der Waals surface area contributed by atoms with Gasteiger partial charge in [0.25, 0.3) is 10.2 Å². The van der Waals surface area contributed by atoms with Gasteiger partial charge in [-0.3, -0.25) is 9.78 Å². The Labute approximate surface area is 173 Å². The molecule has 0 fully saturated rings. The summed E-state index contributed by atoms with van der Waals surface area (Å²) in [5.74, 6) is -0.243. The number of nitrogens with one attached hydrogen (secondary N) is 1. The standard InChI is InChI=1S/C21H29N3O4S/c1-5-28-21(25)9-8-17-11-19(12-18-7-6-10-22-15-18)14-20(13-17)16(2)23-29(26,27)24(3)4/h6-7,10-11,13-16,23H,5,8-9,12H2,1-4H3. The molecule has 1 unspecified atom stereocenters. The van der Waals surface area contributed by atoms with Crippen LogP contribution in [0.25, 0.3) is 0 Å². The third kappa shape index (κ3) is 7.23. The van der Waals surface area contributed by atoms with Gasteiger partial charge in [-0.2, -0.15) is 17.4 Å². The first-order chi connectivity index (χ1) is 13.7. The number of pyridine rings is 1. The van der Waals surface area contributed by atoms with Gasteiger partial charge in [-0.1, -0.05) is 24.3 Å². The lowest BCUT2D eigenvalue weighted by Crippen LogP contribution is -2.37. The maximum Gasteiger partial charge on any atom is 0.306 e. The van der Waals surface area contributed by atoms with Gasteiger partial charge in [-0.25, -0.2) is 0 Å². The van der Waals surface area contributed by atoms with Crippen molar-refractivity contribution < 1.29 is 17.9 Å². The number of carbonyl (C=O) groups excluding carboxylic acids is 1. The zero-order valence-corrected chi connectivity index (χ0v) is 18.2. The molecule has 8 heteroatoms. The molecule has 0 aliphatic carbocycles. The van der Waals surface area contributed by atoms with E-state index in [-0.39, 0.29) is 12.4 Å². The number of aromatic nitrogens is 1. The summed E-state index contributed by atoms with van der Waals surface area (Å²) in [6.07, 6.45) is 5.01. The van der Waals surface area contributed by atoms with Crippen molar-refractivity contribution in [3.63, 3.8) is 0 Å². The molecular weight excluding hydrogens is 390 g/mol. The molecule has 158 valence electrons. The van der Waals surface area contributed by atoms with Crippen molar-refractivity contribution in [1.29, 1.82) is 0 Å². The Morgan fingerprint density at radius 1 is 1.21 bits per heavy atom. The van der Waals surface area contributed by atoms with Crippen LogP contribution in [0.5, 0.6) is 0 Å². The van der Waals surface area contributed by atoms with Crippen LogP contribution in [0.1, 0.15) is 48.6 Å². The lowest BCUT2D eigenvalue weighted by atomic mass is 9.96. The highest BCUT2D eigenvalue weighted by atomic mass is 32.2. The predicted molar refractivity (Wildman–Crippen MR) is 113 cm³/mol. The summed E-state index contributed by atoms with van der Waals surface area (Å²) in [6.45, 7) is 3.94. The summed E-state index contributed by atoms with van der Waals surface area (Å²) in [5.41, 5.74) is 3.90. The molecule has 7 nitrogen and oxygen atoms in total. The van der Waals surface area contributed by atoms with Crippen molar-refractivity contribution in [2.45, 2.75) is 39.2 Å². The number of hydrogen-bond acceptors (Lipinski definition) is 5. The highest BCUT2D eigenvalue weighted by Crippen LogP contribution is 2.21. The predicted octanol–water partition coefficient (Wildman–Crippen LogP) is 2.63. The quantitative estimate of drug-likeness (QED) is 0.598. The number of ether oxygens (including phenoxy) is 1. The van der Waals surface area contributed by atoms with Gasteiger partial charge in [-0.15, -0.1) is 0 Å². The maximum absolute atomic E-state index is 12.2. The number of nitrogens with zero attached hydrogens (tertiary/aromatic N) is 2. The van der Waals surface area contributed by atoms with Crippen LogP contribution in [-0.2, 0) is 32.6 Å². The molecule has 0 saturated carbocycles. The van der Waals surface area contributed by atoms with Gasteiger partial charge < -0.3 is 4.74 Å². The Kier molecular flexibility index (Phi) is 8.31. The third-order valence-corrected chi connectivity index (χ3v) is 6.05. The van der Waals surface area contributed by atoms with Crippen molar-refractivity contribution in [3.8, 4) is 0 Å². The van der Waals surface area contributed by atoms with Crippen LogP contribution < -0.4 is 4.72 Å². The smallest absolute Gasteiger partial charge is 0.306 e. The minimum atomic E-state index is -3.56. The van der Waals surface area contributed by atoms with Gasteiger partial charge in [-0.05, 0) is 55.0 Å². The van der Waals surface area contributed by atoms with Crippen LogP contribution in [0.2, 0.25) is 0 Å². The number of benzene rings is 1. The largest absolute Gasteiger partial charge is 0.466 e. The van der Waals surface area contributed by atoms with Crippen LogP contribution in [0, 0.1) is 0 Å².